The van der Waals surface area contributed by atoms with Gasteiger partial charge in [0.25, 0.3) is 5.91 Å². The Morgan fingerprint density at radius 3 is 2.46 bits per heavy atom. The zero-order valence-corrected chi connectivity index (χ0v) is 20.1. The van der Waals surface area contributed by atoms with Crippen LogP contribution in [0.2, 0.25) is 0 Å². The molecule has 0 bridgehead atoms. The maximum absolute atomic E-state index is 12.8. The molecule has 2 rings (SSSR count). The highest BCUT2D eigenvalue weighted by Gasteiger charge is 2.32. The maximum atomic E-state index is 12.8. The average molecular weight is 494 g/mol. The Labute approximate surface area is 202 Å². The minimum Gasteiger partial charge on any atom is -0.464 e. The van der Waals surface area contributed by atoms with Crippen LogP contribution in [0.4, 0.5) is 4.79 Å². The number of benzene rings is 1. The van der Waals surface area contributed by atoms with Crippen LogP contribution in [-0.2, 0) is 28.8 Å². The van der Waals surface area contributed by atoms with Crippen LogP contribution in [0.25, 0.3) is 0 Å². The Morgan fingerprint density at radius 2 is 1.80 bits per heavy atom. The first-order valence-corrected chi connectivity index (χ1v) is 11.0. The Hall–Kier alpha value is -3.67. The molecule has 1 aliphatic heterocycles. The molecule has 2 unspecified atom stereocenters. The summed E-state index contributed by atoms with van der Waals surface area (Å²) < 4.78 is 16.5. The summed E-state index contributed by atoms with van der Waals surface area (Å²) in [5, 5.41) is 5.16. The number of amides is 2. The second-order valence-corrected chi connectivity index (χ2v) is 8.64. The normalized spacial score (nSPS) is 17.5. The number of carbonyl (C=O) groups is 5. The van der Waals surface area contributed by atoms with Crippen molar-refractivity contribution in [2.24, 2.45) is 0 Å². The van der Waals surface area contributed by atoms with Gasteiger partial charge in [-0.25, -0.2) is 24.2 Å². The second kappa shape index (κ2) is 12.7. The van der Waals surface area contributed by atoms with Crippen LogP contribution in [0.1, 0.15) is 67.7 Å². The molecule has 35 heavy (non-hydrogen) atoms. The molecule has 1 heterocycles. The van der Waals surface area contributed by atoms with Gasteiger partial charge in [0, 0.05) is 32.0 Å². The maximum Gasteiger partial charge on any atom is 0.407 e. The van der Waals surface area contributed by atoms with Crippen molar-refractivity contribution in [3.05, 3.63) is 29.3 Å². The van der Waals surface area contributed by atoms with Gasteiger partial charge >= 0.3 is 18.0 Å². The number of alkyl carbamates (subject to hydrolysis) is 1. The molecule has 1 saturated heterocycles. The highest BCUT2D eigenvalue weighted by atomic mass is 17.2. The van der Waals surface area contributed by atoms with Crippen molar-refractivity contribution < 1.29 is 48.0 Å². The molecule has 12 nitrogen and oxygen atoms in total. The van der Waals surface area contributed by atoms with Crippen molar-refractivity contribution in [3.63, 3.8) is 0 Å². The third-order valence-electron chi connectivity index (χ3n) is 4.45. The number of hydrogen-bond acceptors (Lipinski definition) is 10. The SMILES string of the molecule is CC(=O)OOC(=O)C1CCCC(Oc2ccc(C=O)cc2C(=O)NCCNC(=O)OC(C)(C)C)O1. The van der Waals surface area contributed by atoms with Gasteiger partial charge in [-0.2, -0.15) is 0 Å². The quantitative estimate of drug-likeness (QED) is 0.237. The largest absolute Gasteiger partial charge is 0.464 e. The minimum absolute atomic E-state index is 0.0695. The Kier molecular flexibility index (Phi) is 10.0. The molecule has 192 valence electrons. The summed E-state index contributed by atoms with van der Waals surface area (Å²) in [7, 11) is 0. The van der Waals surface area contributed by atoms with Crippen LogP contribution >= 0.6 is 0 Å². The molecule has 0 aromatic heterocycles. The van der Waals surface area contributed by atoms with E-state index in [1.807, 2.05) is 0 Å². The van der Waals surface area contributed by atoms with Gasteiger partial charge in [-0.3, -0.25) is 9.59 Å². The van der Waals surface area contributed by atoms with Crippen LogP contribution in [0.15, 0.2) is 18.2 Å². The second-order valence-electron chi connectivity index (χ2n) is 8.64. The zero-order chi connectivity index (χ0) is 26.0. The topological polar surface area (TPSA) is 156 Å². The zero-order valence-electron chi connectivity index (χ0n) is 20.1. The summed E-state index contributed by atoms with van der Waals surface area (Å²) in [4.78, 5) is 67.2. The van der Waals surface area contributed by atoms with Gasteiger partial charge in [-0.1, -0.05) is 0 Å². The molecule has 12 heteroatoms. The van der Waals surface area contributed by atoms with Gasteiger partial charge in [-0.15, -0.1) is 0 Å². The lowest BCUT2D eigenvalue weighted by Crippen LogP contribution is -2.39. The molecule has 1 aromatic carbocycles. The summed E-state index contributed by atoms with van der Waals surface area (Å²) >= 11 is 0. The standard InChI is InChI=1S/C23H30N2O10/c1-14(27)34-35-21(29)18-6-5-7-19(32-18)31-17-9-8-15(13-26)12-16(17)20(28)24-10-11-25-22(30)33-23(2,3)4/h8-9,12-13,18-19H,5-7,10-11H2,1-4H3,(H,24,28)(H,25,30). The van der Waals surface area contributed by atoms with Crippen molar-refractivity contribution in [2.45, 2.75) is 65.0 Å². The van der Waals surface area contributed by atoms with Crippen LogP contribution in [0.5, 0.6) is 5.75 Å². The summed E-state index contributed by atoms with van der Waals surface area (Å²) in [5.41, 5.74) is -0.325. The number of ether oxygens (including phenoxy) is 3. The smallest absolute Gasteiger partial charge is 0.407 e. The fourth-order valence-electron chi connectivity index (χ4n) is 3.00. The molecule has 2 N–H and O–H groups in total. The van der Waals surface area contributed by atoms with Gasteiger partial charge in [0.15, 0.2) is 6.10 Å². The molecule has 0 radical (unpaired) electrons. The van der Waals surface area contributed by atoms with Crippen molar-refractivity contribution >= 4 is 30.2 Å². The first-order valence-electron chi connectivity index (χ1n) is 11.0. The van der Waals surface area contributed by atoms with E-state index in [1.54, 1.807) is 20.8 Å². The Balaban J connectivity index is 1.98. The molecule has 0 aliphatic carbocycles. The predicted octanol–water partition coefficient (Wildman–Crippen LogP) is 2.05. The van der Waals surface area contributed by atoms with E-state index in [1.165, 1.54) is 18.2 Å². The van der Waals surface area contributed by atoms with Gasteiger partial charge in [0.1, 0.15) is 17.6 Å². The van der Waals surface area contributed by atoms with Gasteiger partial charge in [0.2, 0.25) is 6.29 Å². The molecule has 1 aliphatic rings. The van der Waals surface area contributed by atoms with Crippen molar-refractivity contribution in [3.8, 4) is 5.75 Å². The van der Waals surface area contributed by atoms with E-state index in [4.69, 9.17) is 14.2 Å². The fourth-order valence-corrected chi connectivity index (χ4v) is 3.00. The number of rotatable bonds is 8. The van der Waals surface area contributed by atoms with E-state index >= 15 is 0 Å². The molecule has 0 spiro atoms. The lowest BCUT2D eigenvalue weighted by molar-refractivity contribution is -0.271. The summed E-state index contributed by atoms with van der Waals surface area (Å²) in [6.45, 7) is 6.49. The molecule has 2 atom stereocenters. The molecule has 2 amide bonds. The molecular formula is C23H30N2O10. The Bertz CT molecular complexity index is 941. The molecule has 1 fully saturated rings. The third-order valence-corrected chi connectivity index (χ3v) is 4.45. The summed E-state index contributed by atoms with van der Waals surface area (Å²) in [6.07, 6.45) is -0.623. The molecule has 1 aromatic rings. The van der Waals surface area contributed by atoms with Crippen molar-refractivity contribution in [1.82, 2.24) is 10.6 Å². The lowest BCUT2D eigenvalue weighted by Gasteiger charge is -2.29. The van der Waals surface area contributed by atoms with E-state index in [-0.39, 0.29) is 30.0 Å². The highest BCUT2D eigenvalue weighted by molar-refractivity contribution is 5.98. The van der Waals surface area contributed by atoms with Crippen LogP contribution in [-0.4, -0.2) is 61.3 Å². The first kappa shape index (κ1) is 27.6. The fraction of sp³-hybridized carbons (Fsp3) is 0.522. The van der Waals surface area contributed by atoms with Crippen LogP contribution < -0.4 is 15.4 Å². The lowest BCUT2D eigenvalue weighted by atomic mass is 10.1. The van der Waals surface area contributed by atoms with Crippen molar-refractivity contribution in [2.75, 3.05) is 13.1 Å². The van der Waals surface area contributed by atoms with Crippen LogP contribution in [0, 0.1) is 0 Å². The number of nitrogens with one attached hydrogen (secondary N) is 2. The van der Waals surface area contributed by atoms with Gasteiger partial charge in [0.05, 0.1) is 5.56 Å². The summed E-state index contributed by atoms with van der Waals surface area (Å²) in [6, 6.07) is 4.27. The molecular weight excluding hydrogens is 464 g/mol. The van der Waals surface area contributed by atoms with Gasteiger partial charge < -0.3 is 24.8 Å². The van der Waals surface area contributed by atoms with E-state index in [0.29, 0.717) is 25.5 Å². The average Bonchev–Trinajstić information content (AvgIpc) is 2.79. The number of hydrogen-bond donors (Lipinski definition) is 2. The predicted molar refractivity (Wildman–Crippen MR) is 119 cm³/mol. The first-order chi connectivity index (χ1) is 16.5. The monoisotopic (exact) mass is 494 g/mol. The summed E-state index contributed by atoms with van der Waals surface area (Å²) in [5.74, 6) is -2.07. The van der Waals surface area contributed by atoms with E-state index in [2.05, 4.69) is 20.4 Å². The number of carbonyl (C=O) groups excluding carboxylic acids is 5. The van der Waals surface area contributed by atoms with E-state index < -0.39 is 41.9 Å². The third kappa shape index (κ3) is 9.61. The Morgan fingerprint density at radius 1 is 1.09 bits per heavy atom. The van der Waals surface area contributed by atoms with Crippen molar-refractivity contribution in [1.29, 1.82) is 0 Å². The molecule has 0 saturated carbocycles. The van der Waals surface area contributed by atoms with E-state index in [9.17, 15) is 24.0 Å². The minimum atomic E-state index is -1.02. The van der Waals surface area contributed by atoms with Crippen LogP contribution in [0.3, 0.4) is 0 Å². The highest BCUT2D eigenvalue weighted by Crippen LogP contribution is 2.27. The van der Waals surface area contributed by atoms with Gasteiger partial charge in [-0.05, 0) is 51.8 Å². The number of aldehydes is 1. The van der Waals surface area contributed by atoms with E-state index in [0.717, 1.165) is 6.92 Å².